The minimum absolute atomic E-state index is 0.108. The molecule has 1 saturated heterocycles. The molecule has 0 bridgehead atoms. The van der Waals surface area contributed by atoms with Gasteiger partial charge >= 0.3 is 0 Å². The molecule has 0 aromatic heterocycles. The lowest BCUT2D eigenvalue weighted by atomic mass is 10.1. The van der Waals surface area contributed by atoms with Gasteiger partial charge in [-0.1, -0.05) is 13.0 Å². The van der Waals surface area contributed by atoms with E-state index in [1.807, 2.05) is 23.1 Å². The largest absolute Gasteiger partial charge is 0.493 e. The third kappa shape index (κ3) is 3.67. The molecule has 1 aliphatic heterocycles. The van der Waals surface area contributed by atoms with Gasteiger partial charge in [0, 0.05) is 19.5 Å². The maximum absolute atomic E-state index is 11.8. The highest BCUT2D eigenvalue weighted by Gasteiger charge is 2.24. The first-order chi connectivity index (χ1) is 10.2. The van der Waals surface area contributed by atoms with E-state index in [2.05, 4.69) is 12.2 Å². The summed E-state index contributed by atoms with van der Waals surface area (Å²) in [5.41, 5.74) is 1.11. The number of carbonyl (C=O) groups excluding carboxylic acids is 1. The number of hydrogen-bond acceptors (Lipinski definition) is 4. The highest BCUT2D eigenvalue weighted by atomic mass is 16.5. The molecule has 1 N–H and O–H groups in total. The van der Waals surface area contributed by atoms with Crippen LogP contribution in [0.25, 0.3) is 0 Å². The summed E-state index contributed by atoms with van der Waals surface area (Å²) < 4.78 is 10.6. The van der Waals surface area contributed by atoms with Crippen LogP contribution in [0.4, 0.5) is 0 Å². The summed E-state index contributed by atoms with van der Waals surface area (Å²) in [7, 11) is 3.26. The first-order valence-electron chi connectivity index (χ1n) is 7.42. The van der Waals surface area contributed by atoms with Gasteiger partial charge in [-0.3, -0.25) is 4.79 Å². The zero-order valence-electron chi connectivity index (χ0n) is 13.0. The molecule has 1 fully saturated rings. The Balaban J connectivity index is 2.18. The predicted molar refractivity (Wildman–Crippen MR) is 81.8 cm³/mol. The molecule has 1 heterocycles. The number of nitrogens with one attached hydrogen (secondary N) is 1. The first kappa shape index (κ1) is 15.6. The second-order valence-corrected chi connectivity index (χ2v) is 5.17. The maximum Gasteiger partial charge on any atom is 0.222 e. The third-order valence-corrected chi connectivity index (χ3v) is 3.83. The molecule has 1 amide bonds. The maximum atomic E-state index is 11.8. The van der Waals surface area contributed by atoms with Crippen molar-refractivity contribution in [3.63, 3.8) is 0 Å². The smallest absolute Gasteiger partial charge is 0.222 e. The molecule has 0 radical (unpaired) electrons. The van der Waals surface area contributed by atoms with Crippen LogP contribution in [0.5, 0.6) is 11.5 Å². The van der Waals surface area contributed by atoms with Crippen molar-refractivity contribution in [2.75, 3.05) is 33.9 Å². The molecule has 1 aromatic rings. The molecule has 2 rings (SSSR count). The Morgan fingerprint density at radius 3 is 2.62 bits per heavy atom. The topological polar surface area (TPSA) is 50.8 Å². The van der Waals surface area contributed by atoms with Crippen molar-refractivity contribution in [2.24, 2.45) is 0 Å². The quantitative estimate of drug-likeness (QED) is 0.835. The Bertz CT molecular complexity index is 490. The third-order valence-electron chi connectivity index (χ3n) is 3.83. The normalized spacial score (nSPS) is 16.1. The van der Waals surface area contributed by atoms with E-state index in [0.29, 0.717) is 24.5 Å². The summed E-state index contributed by atoms with van der Waals surface area (Å²) >= 11 is 0. The lowest BCUT2D eigenvalue weighted by molar-refractivity contribution is -0.128. The number of likely N-dealkylation sites (N-methyl/N-ethyl adjacent to an activating group) is 1. The number of carbonyl (C=O) groups is 1. The second-order valence-electron chi connectivity index (χ2n) is 5.17. The number of likely N-dealkylation sites (tertiary alicyclic amines) is 1. The van der Waals surface area contributed by atoms with E-state index in [9.17, 15) is 4.79 Å². The fourth-order valence-electron chi connectivity index (χ4n) is 2.72. The summed E-state index contributed by atoms with van der Waals surface area (Å²) in [4.78, 5) is 13.8. The van der Waals surface area contributed by atoms with Gasteiger partial charge in [0.05, 0.1) is 20.3 Å². The molecule has 0 saturated carbocycles. The minimum atomic E-state index is 0.108. The fraction of sp³-hybridized carbons (Fsp3) is 0.562. The number of rotatable bonds is 7. The van der Waals surface area contributed by atoms with E-state index in [-0.39, 0.29) is 11.9 Å². The minimum Gasteiger partial charge on any atom is -0.493 e. The molecular weight excluding hydrogens is 268 g/mol. The van der Waals surface area contributed by atoms with Gasteiger partial charge in [-0.25, -0.2) is 0 Å². The van der Waals surface area contributed by atoms with Crippen LogP contribution >= 0.6 is 0 Å². The molecule has 21 heavy (non-hydrogen) atoms. The number of methoxy groups -OCH3 is 2. The molecule has 1 unspecified atom stereocenters. The van der Waals surface area contributed by atoms with Gasteiger partial charge in [-0.05, 0) is 30.7 Å². The standard InChI is InChI=1S/C16H24N2O3/c1-4-17-13(11-18-9-5-6-16(18)19)12-7-8-14(20-2)15(10-12)21-3/h7-8,10,13,17H,4-6,9,11H2,1-3H3. The van der Waals surface area contributed by atoms with Crippen molar-refractivity contribution in [3.05, 3.63) is 23.8 Å². The molecule has 5 nitrogen and oxygen atoms in total. The lowest BCUT2D eigenvalue weighted by Crippen LogP contribution is -2.35. The average molecular weight is 292 g/mol. The van der Waals surface area contributed by atoms with Crippen LogP contribution in [-0.2, 0) is 4.79 Å². The summed E-state index contributed by atoms with van der Waals surface area (Å²) in [6.45, 7) is 4.47. The average Bonchev–Trinajstić information content (AvgIpc) is 2.91. The molecule has 0 aliphatic carbocycles. The van der Waals surface area contributed by atoms with E-state index < -0.39 is 0 Å². The highest BCUT2D eigenvalue weighted by molar-refractivity contribution is 5.78. The summed E-state index contributed by atoms with van der Waals surface area (Å²) in [5, 5.41) is 3.44. The Hall–Kier alpha value is -1.75. The molecule has 1 aromatic carbocycles. The molecule has 116 valence electrons. The zero-order valence-corrected chi connectivity index (χ0v) is 13.0. The van der Waals surface area contributed by atoms with Gasteiger partial charge in [-0.15, -0.1) is 0 Å². The van der Waals surface area contributed by atoms with Gasteiger partial charge in [-0.2, -0.15) is 0 Å². The zero-order chi connectivity index (χ0) is 15.2. The lowest BCUT2D eigenvalue weighted by Gasteiger charge is -2.25. The number of ether oxygens (including phenoxy) is 2. The Morgan fingerprint density at radius 2 is 2.05 bits per heavy atom. The van der Waals surface area contributed by atoms with Crippen LogP contribution in [0.1, 0.15) is 31.4 Å². The van der Waals surface area contributed by atoms with E-state index in [4.69, 9.17) is 9.47 Å². The van der Waals surface area contributed by atoms with Crippen LogP contribution in [0.3, 0.4) is 0 Å². The van der Waals surface area contributed by atoms with Gasteiger partial charge in [0.2, 0.25) is 5.91 Å². The molecule has 1 aliphatic rings. The van der Waals surface area contributed by atoms with Crippen molar-refractivity contribution >= 4 is 5.91 Å². The van der Waals surface area contributed by atoms with E-state index in [1.165, 1.54) is 0 Å². The monoisotopic (exact) mass is 292 g/mol. The molecular formula is C16H24N2O3. The SMILES string of the molecule is CCNC(CN1CCCC1=O)c1ccc(OC)c(OC)c1. The van der Waals surface area contributed by atoms with Crippen LogP contribution in [-0.4, -0.2) is 44.7 Å². The number of benzene rings is 1. The van der Waals surface area contributed by atoms with E-state index >= 15 is 0 Å². The number of nitrogens with zero attached hydrogens (tertiary/aromatic N) is 1. The van der Waals surface area contributed by atoms with Crippen LogP contribution in [0.2, 0.25) is 0 Å². The number of hydrogen-bond donors (Lipinski definition) is 1. The molecule has 5 heteroatoms. The summed E-state index contributed by atoms with van der Waals surface area (Å²) in [6.07, 6.45) is 1.63. The summed E-state index contributed by atoms with van der Waals surface area (Å²) in [5.74, 6) is 1.68. The van der Waals surface area contributed by atoms with Crippen molar-refractivity contribution in [3.8, 4) is 11.5 Å². The summed E-state index contributed by atoms with van der Waals surface area (Å²) in [6, 6.07) is 6.02. The van der Waals surface area contributed by atoms with Gasteiger partial charge in [0.1, 0.15) is 0 Å². The van der Waals surface area contributed by atoms with Crippen molar-refractivity contribution < 1.29 is 14.3 Å². The second kappa shape index (κ2) is 7.31. The molecule has 1 atom stereocenters. The van der Waals surface area contributed by atoms with E-state index in [0.717, 1.165) is 25.1 Å². The number of amides is 1. The Morgan fingerprint density at radius 1 is 1.29 bits per heavy atom. The van der Waals surface area contributed by atoms with E-state index in [1.54, 1.807) is 14.2 Å². The molecule has 0 spiro atoms. The highest BCUT2D eigenvalue weighted by Crippen LogP contribution is 2.30. The predicted octanol–water partition coefficient (Wildman–Crippen LogP) is 1.98. The van der Waals surface area contributed by atoms with Crippen molar-refractivity contribution in [1.82, 2.24) is 10.2 Å². The van der Waals surface area contributed by atoms with Gasteiger partial charge < -0.3 is 19.7 Å². The van der Waals surface area contributed by atoms with Crippen molar-refractivity contribution in [2.45, 2.75) is 25.8 Å². The van der Waals surface area contributed by atoms with Crippen LogP contribution < -0.4 is 14.8 Å². The van der Waals surface area contributed by atoms with Gasteiger partial charge in [0.15, 0.2) is 11.5 Å². The Kier molecular flexibility index (Phi) is 5.44. The first-order valence-corrected chi connectivity index (χ1v) is 7.42. The van der Waals surface area contributed by atoms with Crippen LogP contribution in [0, 0.1) is 0 Å². The van der Waals surface area contributed by atoms with Crippen molar-refractivity contribution in [1.29, 1.82) is 0 Å². The van der Waals surface area contributed by atoms with Gasteiger partial charge in [0.25, 0.3) is 0 Å². The Labute approximate surface area is 126 Å². The van der Waals surface area contributed by atoms with Crippen LogP contribution in [0.15, 0.2) is 18.2 Å². The fourth-order valence-corrected chi connectivity index (χ4v) is 2.72.